The zero-order chi connectivity index (χ0) is 44.7. The van der Waals surface area contributed by atoms with E-state index in [0.29, 0.717) is 28.3 Å². The Morgan fingerprint density at radius 3 is 1.79 bits per heavy atom. The Bertz CT molecular complexity index is 3650. The predicted octanol–water partition coefficient (Wildman–Crippen LogP) is 15.3. The first-order valence-corrected chi connectivity index (χ1v) is 21.9. The number of anilines is 4. The summed E-state index contributed by atoms with van der Waals surface area (Å²) in [6, 6.07) is 64.3. The Morgan fingerprint density at radius 2 is 1.12 bits per heavy atom. The van der Waals surface area contributed by atoms with Crippen LogP contribution in [-0.2, 0) is 26.5 Å². The fourth-order valence-corrected chi connectivity index (χ4v) is 9.46. The summed E-state index contributed by atoms with van der Waals surface area (Å²) in [4.78, 5) is 9.02. The number of rotatable bonds is 7. The van der Waals surface area contributed by atoms with Crippen LogP contribution in [0, 0.1) is 30.4 Å². The summed E-state index contributed by atoms with van der Waals surface area (Å²) >= 11 is 0. The Balaban J connectivity index is 0.00000494. The van der Waals surface area contributed by atoms with Gasteiger partial charge in [-0.2, -0.15) is 6.07 Å². The van der Waals surface area contributed by atoms with Gasteiger partial charge in [0, 0.05) is 83.7 Å². The van der Waals surface area contributed by atoms with E-state index in [1.807, 2.05) is 73.5 Å². The van der Waals surface area contributed by atoms with E-state index in [2.05, 4.69) is 149 Å². The number of pyridine rings is 1. The number of nitrogens with zero attached hydrogens (tertiary/aromatic N) is 5. The molecular formula is C58H40F2N5OPt-3. The third-order valence-corrected chi connectivity index (χ3v) is 12.5. The van der Waals surface area contributed by atoms with Crippen LogP contribution in [0.3, 0.4) is 0 Å². The first-order valence-electron chi connectivity index (χ1n) is 21.9. The van der Waals surface area contributed by atoms with Crippen LogP contribution in [0.1, 0.15) is 26.3 Å². The Labute approximate surface area is 401 Å². The first-order chi connectivity index (χ1) is 32.2. The topological polar surface area (TPSA) is 38.5 Å². The number of hydrogen-bond donors (Lipinski definition) is 0. The number of hydrogen-bond acceptors (Lipinski definition) is 4. The van der Waals surface area contributed by atoms with Crippen LogP contribution < -0.4 is 14.5 Å². The average molecular weight is 1060 g/mol. The molecule has 0 amide bonds. The number of halogens is 2. The summed E-state index contributed by atoms with van der Waals surface area (Å²) in [6.45, 7) is 8.62. The molecule has 0 unspecified atom stereocenters. The van der Waals surface area contributed by atoms with Crippen LogP contribution in [0.25, 0.3) is 66.2 Å². The molecule has 11 aromatic rings. The second-order valence-electron chi connectivity index (χ2n) is 17.7. The van der Waals surface area contributed by atoms with E-state index in [-0.39, 0.29) is 26.5 Å². The van der Waals surface area contributed by atoms with Crippen molar-refractivity contribution in [1.82, 2.24) is 14.1 Å². The molecule has 67 heavy (non-hydrogen) atoms. The molecule has 8 aromatic carbocycles. The van der Waals surface area contributed by atoms with Gasteiger partial charge in [-0.25, -0.2) is 13.8 Å². The van der Waals surface area contributed by atoms with Gasteiger partial charge in [-0.05, 0) is 82.6 Å². The van der Waals surface area contributed by atoms with Crippen LogP contribution in [0.4, 0.5) is 31.5 Å². The van der Waals surface area contributed by atoms with Crippen molar-refractivity contribution in [3.05, 3.63) is 218 Å². The maximum absolute atomic E-state index is 14.7. The van der Waals surface area contributed by atoms with Crippen molar-refractivity contribution < 1.29 is 34.6 Å². The maximum Gasteiger partial charge on any atom is 0.135 e. The van der Waals surface area contributed by atoms with E-state index in [4.69, 9.17) is 9.72 Å². The largest absolute Gasteiger partial charge is 0.509 e. The zero-order valence-electron chi connectivity index (χ0n) is 36.6. The molecule has 0 aliphatic carbocycles. The van der Waals surface area contributed by atoms with Crippen molar-refractivity contribution in [2.45, 2.75) is 26.2 Å². The summed E-state index contributed by atoms with van der Waals surface area (Å²) in [5.41, 5.74) is 10.3. The van der Waals surface area contributed by atoms with Gasteiger partial charge >= 0.3 is 0 Å². The van der Waals surface area contributed by atoms with Crippen molar-refractivity contribution in [3.8, 4) is 34.1 Å². The molecule has 12 rings (SSSR count). The minimum absolute atomic E-state index is 0. The molecule has 9 heteroatoms. The van der Waals surface area contributed by atoms with Gasteiger partial charge in [0.05, 0.1) is 11.0 Å². The van der Waals surface area contributed by atoms with Gasteiger partial charge < -0.3 is 23.7 Å². The molecule has 0 atom stereocenters. The minimum Gasteiger partial charge on any atom is -0.509 e. The molecule has 0 radical (unpaired) electrons. The number of aromatic nitrogens is 3. The number of ether oxygens (including phenoxy) is 1. The summed E-state index contributed by atoms with van der Waals surface area (Å²) in [7, 11) is 0. The van der Waals surface area contributed by atoms with E-state index < -0.39 is 11.6 Å². The number of fused-ring (bicyclic) bond motifs is 7. The van der Waals surface area contributed by atoms with Crippen LogP contribution in [0.5, 0.6) is 11.5 Å². The molecule has 0 spiro atoms. The van der Waals surface area contributed by atoms with Gasteiger partial charge in [-0.3, -0.25) is 0 Å². The second-order valence-corrected chi connectivity index (χ2v) is 17.7. The maximum atomic E-state index is 14.7. The SMILES string of the molecule is CC(C)(C)c1ccnc(-n2c3[c-]c(Oc4[c-]c(N5[CH-]N(c6ccccc6-c6cc(F)cc(F)c6)c6ccccc65)cc(-n5c6ccccc6c6ccccc65)c4)ccc3c3ccccc32)c1.[Pt]. The molecule has 4 heterocycles. The third kappa shape index (κ3) is 7.24. The van der Waals surface area contributed by atoms with E-state index in [9.17, 15) is 8.78 Å². The molecule has 330 valence electrons. The van der Waals surface area contributed by atoms with Gasteiger partial charge in [-0.1, -0.05) is 123 Å². The average Bonchev–Trinajstić information content (AvgIpc) is 3.99. The Morgan fingerprint density at radius 1 is 0.537 bits per heavy atom. The molecule has 6 nitrogen and oxygen atoms in total. The van der Waals surface area contributed by atoms with Crippen molar-refractivity contribution in [1.29, 1.82) is 0 Å². The standard InChI is InChI=1S/C58H40F2N5O.Pt/c1-58(2,3)38-26-27-61-57(30-38)65-53-21-11-7-17-48(53)49-25-24-43(35-56(49)65)66-44-33-41(32-42(34-44)64-51-19-9-5-15-46(51)47-16-6-10-20-52(47)64)62-36-63(55-23-13-12-22-54(55)62)50-18-8-4-14-45(50)37-28-39(59)31-40(60)29-37;/h4-32,34,36H,1-3H3;/q-3;. The van der Waals surface area contributed by atoms with Gasteiger partial charge in [0.2, 0.25) is 0 Å². The molecule has 0 bridgehead atoms. The fraction of sp³-hybridized carbons (Fsp3) is 0.0690. The van der Waals surface area contributed by atoms with E-state index in [1.165, 1.54) is 17.7 Å². The van der Waals surface area contributed by atoms with E-state index in [0.717, 1.165) is 78.2 Å². The Kier molecular flexibility index (Phi) is 10.3. The minimum atomic E-state index is -0.638. The van der Waals surface area contributed by atoms with Gasteiger partial charge in [0.25, 0.3) is 0 Å². The summed E-state index contributed by atoms with van der Waals surface area (Å²) in [5.74, 6) is 0.529. The van der Waals surface area contributed by atoms with E-state index in [1.54, 1.807) is 0 Å². The van der Waals surface area contributed by atoms with Gasteiger partial charge in [0.15, 0.2) is 0 Å². The van der Waals surface area contributed by atoms with Gasteiger partial charge in [-0.15, -0.1) is 42.4 Å². The van der Waals surface area contributed by atoms with Crippen LogP contribution in [-0.4, -0.2) is 14.1 Å². The molecule has 3 aromatic heterocycles. The molecule has 0 saturated carbocycles. The van der Waals surface area contributed by atoms with Crippen molar-refractivity contribution in [2.24, 2.45) is 0 Å². The van der Waals surface area contributed by atoms with Gasteiger partial charge in [0.1, 0.15) is 17.5 Å². The predicted molar refractivity (Wildman–Crippen MR) is 263 cm³/mol. The third-order valence-electron chi connectivity index (χ3n) is 12.5. The zero-order valence-corrected chi connectivity index (χ0v) is 38.9. The fourth-order valence-electron chi connectivity index (χ4n) is 9.46. The molecular weight excluding hydrogens is 1020 g/mol. The number of para-hydroxylation sites is 6. The van der Waals surface area contributed by atoms with Crippen LogP contribution >= 0.6 is 0 Å². The molecule has 0 fully saturated rings. The first kappa shape index (κ1) is 42.1. The second kappa shape index (κ2) is 16.4. The van der Waals surface area contributed by atoms with Crippen molar-refractivity contribution >= 4 is 66.4 Å². The monoisotopic (exact) mass is 1060 g/mol. The molecule has 0 saturated heterocycles. The quantitative estimate of drug-likeness (QED) is 0.149. The smallest absolute Gasteiger partial charge is 0.135 e. The summed E-state index contributed by atoms with van der Waals surface area (Å²) in [5, 5.41) is 4.40. The van der Waals surface area contributed by atoms with Crippen molar-refractivity contribution in [3.63, 3.8) is 0 Å². The summed E-state index contributed by atoms with van der Waals surface area (Å²) < 4.78 is 40.7. The van der Waals surface area contributed by atoms with Crippen LogP contribution in [0.15, 0.2) is 182 Å². The molecule has 1 aliphatic heterocycles. The number of benzene rings is 8. The van der Waals surface area contributed by atoms with E-state index >= 15 is 0 Å². The molecule has 0 N–H and O–H groups in total. The summed E-state index contributed by atoms with van der Waals surface area (Å²) in [6.07, 6.45) is 1.88. The van der Waals surface area contributed by atoms with Crippen molar-refractivity contribution in [2.75, 3.05) is 9.80 Å². The normalized spacial score (nSPS) is 12.6. The molecule has 1 aliphatic rings. The van der Waals surface area contributed by atoms with Crippen LogP contribution in [0.2, 0.25) is 0 Å². The Hall–Kier alpha value is -7.54.